The molecule has 0 amide bonds. The normalized spacial score (nSPS) is 12.4. The van der Waals surface area contributed by atoms with Gasteiger partial charge >= 0.3 is 0 Å². The van der Waals surface area contributed by atoms with Crippen LogP contribution in [0.5, 0.6) is 5.75 Å². The average Bonchev–Trinajstić information content (AvgIpc) is 2.46. The second-order valence-electron chi connectivity index (χ2n) is 5.20. The van der Waals surface area contributed by atoms with Crippen LogP contribution >= 0.6 is 11.8 Å². The molecule has 0 aliphatic heterocycles. The second-order valence-corrected chi connectivity index (χ2v) is 6.18. The van der Waals surface area contributed by atoms with Gasteiger partial charge in [0.25, 0.3) is 0 Å². The van der Waals surface area contributed by atoms with Crippen LogP contribution in [0, 0.1) is 6.92 Å². The van der Waals surface area contributed by atoms with E-state index in [9.17, 15) is 0 Å². The summed E-state index contributed by atoms with van der Waals surface area (Å²) in [5, 5.41) is 0.760. The number of hydrogen-bond donors (Lipinski definition) is 1. The van der Waals surface area contributed by atoms with Crippen molar-refractivity contribution in [3.8, 4) is 5.75 Å². The largest absolute Gasteiger partial charge is 0.491 e. The average molecular weight is 303 g/mol. The molecule has 0 fully saturated rings. The van der Waals surface area contributed by atoms with Crippen molar-refractivity contribution < 1.29 is 4.74 Å². The third-order valence-corrected chi connectivity index (χ3v) is 3.82. The highest BCUT2D eigenvalue weighted by atomic mass is 32.2. The molecule has 1 heterocycles. The summed E-state index contributed by atoms with van der Waals surface area (Å²) in [4.78, 5) is 8.53. The van der Waals surface area contributed by atoms with Gasteiger partial charge in [0.05, 0.1) is 6.10 Å². The molecule has 0 aliphatic carbocycles. The maximum atomic E-state index is 6.21. The summed E-state index contributed by atoms with van der Waals surface area (Å²) in [6.45, 7) is 6.00. The summed E-state index contributed by atoms with van der Waals surface area (Å²) in [6.07, 6.45) is 3.82. The van der Waals surface area contributed by atoms with Crippen LogP contribution in [0.1, 0.15) is 31.0 Å². The molecule has 1 unspecified atom stereocenters. The van der Waals surface area contributed by atoms with Crippen LogP contribution < -0.4 is 10.5 Å². The lowest BCUT2D eigenvalue weighted by Gasteiger charge is -2.13. The maximum Gasteiger partial charge on any atom is 0.187 e. The van der Waals surface area contributed by atoms with E-state index in [0.717, 1.165) is 27.8 Å². The Balaban J connectivity index is 1.90. The Kier molecular flexibility index (Phi) is 5.59. The minimum Gasteiger partial charge on any atom is -0.491 e. The molecule has 0 saturated heterocycles. The molecule has 1 atom stereocenters. The van der Waals surface area contributed by atoms with Crippen molar-refractivity contribution in [3.63, 3.8) is 0 Å². The molecule has 2 N–H and O–H groups in total. The molecule has 0 bridgehead atoms. The second kappa shape index (κ2) is 7.43. The molecule has 0 radical (unpaired) electrons. The fraction of sp³-hybridized carbons (Fsp3) is 0.375. The van der Waals surface area contributed by atoms with Gasteiger partial charge in [-0.15, -0.1) is 0 Å². The van der Waals surface area contributed by atoms with Crippen molar-refractivity contribution in [2.45, 2.75) is 38.1 Å². The predicted molar refractivity (Wildman–Crippen MR) is 86.6 cm³/mol. The highest BCUT2D eigenvalue weighted by Gasteiger charge is 2.08. The molecule has 21 heavy (non-hydrogen) atoms. The third-order valence-electron chi connectivity index (χ3n) is 2.83. The summed E-state index contributed by atoms with van der Waals surface area (Å²) in [6, 6.07) is 7.90. The molecule has 112 valence electrons. The van der Waals surface area contributed by atoms with E-state index < -0.39 is 0 Å². The molecule has 0 aliphatic rings. The topological polar surface area (TPSA) is 61.0 Å². The lowest BCUT2D eigenvalue weighted by Crippen LogP contribution is -2.13. The number of nitrogens with zero attached hydrogens (tertiary/aromatic N) is 2. The number of ether oxygens (including phenoxy) is 1. The first kappa shape index (κ1) is 15.8. The van der Waals surface area contributed by atoms with Gasteiger partial charge in [0.15, 0.2) is 5.16 Å². The predicted octanol–water partition coefficient (Wildman–Crippen LogP) is 3.36. The molecule has 0 spiro atoms. The van der Waals surface area contributed by atoms with E-state index >= 15 is 0 Å². The highest BCUT2D eigenvalue weighted by molar-refractivity contribution is 7.99. The van der Waals surface area contributed by atoms with Gasteiger partial charge in [0, 0.05) is 24.2 Å². The fourth-order valence-electron chi connectivity index (χ4n) is 1.78. The van der Waals surface area contributed by atoms with Gasteiger partial charge in [0.2, 0.25) is 0 Å². The van der Waals surface area contributed by atoms with E-state index in [1.807, 2.05) is 57.4 Å². The number of thioether (sulfide) groups is 1. The molecule has 4 nitrogen and oxygen atoms in total. The van der Waals surface area contributed by atoms with E-state index in [1.54, 1.807) is 11.8 Å². The monoisotopic (exact) mass is 303 g/mol. The van der Waals surface area contributed by atoms with E-state index in [2.05, 4.69) is 9.97 Å². The Morgan fingerprint density at radius 2 is 1.76 bits per heavy atom. The van der Waals surface area contributed by atoms with Crippen LogP contribution in [0.25, 0.3) is 0 Å². The zero-order valence-corrected chi connectivity index (χ0v) is 13.4. The van der Waals surface area contributed by atoms with Crippen molar-refractivity contribution >= 4 is 11.8 Å². The minimum atomic E-state index is -0.0481. The van der Waals surface area contributed by atoms with Crippen LogP contribution in [0.3, 0.4) is 0 Å². The number of hydrogen-bond acceptors (Lipinski definition) is 5. The molecular weight excluding hydrogens is 282 g/mol. The summed E-state index contributed by atoms with van der Waals surface area (Å²) < 4.78 is 5.62. The summed E-state index contributed by atoms with van der Waals surface area (Å²) in [5.74, 6) is 1.61. The van der Waals surface area contributed by atoms with Crippen LogP contribution in [0.4, 0.5) is 0 Å². The van der Waals surface area contributed by atoms with Gasteiger partial charge in [0.1, 0.15) is 5.75 Å². The van der Waals surface area contributed by atoms with E-state index in [4.69, 9.17) is 10.5 Å². The minimum absolute atomic E-state index is 0.0481. The van der Waals surface area contributed by atoms with Gasteiger partial charge in [-0.25, -0.2) is 9.97 Å². The van der Waals surface area contributed by atoms with Gasteiger partial charge in [-0.3, -0.25) is 0 Å². The van der Waals surface area contributed by atoms with E-state index in [1.165, 1.54) is 0 Å². The number of rotatable bonds is 6. The molecule has 1 aromatic carbocycles. The quantitative estimate of drug-likeness (QED) is 0.655. The molecule has 2 rings (SSSR count). The van der Waals surface area contributed by atoms with Crippen LogP contribution in [-0.4, -0.2) is 21.8 Å². The van der Waals surface area contributed by atoms with Gasteiger partial charge < -0.3 is 10.5 Å². The Hall–Kier alpha value is -1.59. The first-order valence-corrected chi connectivity index (χ1v) is 7.97. The van der Waals surface area contributed by atoms with E-state index in [0.29, 0.717) is 0 Å². The number of benzene rings is 1. The summed E-state index contributed by atoms with van der Waals surface area (Å²) in [5.41, 5.74) is 8.36. The van der Waals surface area contributed by atoms with Crippen molar-refractivity contribution in [3.05, 3.63) is 47.8 Å². The van der Waals surface area contributed by atoms with Crippen molar-refractivity contribution in [1.82, 2.24) is 9.97 Å². The van der Waals surface area contributed by atoms with Gasteiger partial charge in [-0.1, -0.05) is 23.9 Å². The lowest BCUT2D eigenvalue weighted by molar-refractivity contribution is 0.242. The molecule has 0 saturated carbocycles. The lowest BCUT2D eigenvalue weighted by atomic mass is 10.1. The molecular formula is C16H21N3OS. The first-order valence-electron chi connectivity index (χ1n) is 6.98. The molecule has 5 heteroatoms. The third kappa shape index (κ3) is 5.02. The number of aromatic nitrogens is 2. The Labute approximate surface area is 130 Å². The Morgan fingerprint density at radius 1 is 1.14 bits per heavy atom. The van der Waals surface area contributed by atoms with Crippen molar-refractivity contribution in [2.24, 2.45) is 5.73 Å². The number of nitrogens with two attached hydrogens (primary N) is 1. The zero-order valence-electron chi connectivity index (χ0n) is 12.6. The molecule has 2 aromatic rings. The van der Waals surface area contributed by atoms with Gasteiger partial charge in [-0.05, 0) is 44.0 Å². The zero-order chi connectivity index (χ0) is 15.2. The van der Waals surface area contributed by atoms with Crippen LogP contribution in [0.2, 0.25) is 0 Å². The SMILES string of the molecule is Cc1cnc(SCC(N)c2ccc(OC(C)C)cc2)nc1. The number of aryl methyl sites for hydroxylation is 1. The van der Waals surface area contributed by atoms with Crippen LogP contribution in [-0.2, 0) is 0 Å². The van der Waals surface area contributed by atoms with Gasteiger partial charge in [-0.2, -0.15) is 0 Å². The van der Waals surface area contributed by atoms with Crippen molar-refractivity contribution in [2.75, 3.05) is 5.75 Å². The smallest absolute Gasteiger partial charge is 0.187 e. The first-order chi connectivity index (χ1) is 10.0. The highest BCUT2D eigenvalue weighted by Crippen LogP contribution is 2.22. The van der Waals surface area contributed by atoms with Crippen molar-refractivity contribution in [1.29, 1.82) is 0 Å². The maximum absolute atomic E-state index is 6.21. The van der Waals surface area contributed by atoms with E-state index in [-0.39, 0.29) is 12.1 Å². The Bertz CT molecular complexity index is 555. The fourth-order valence-corrected chi connectivity index (χ4v) is 2.56. The standard InChI is InChI=1S/C16H21N3OS/c1-11(2)20-14-6-4-13(5-7-14)15(17)10-21-16-18-8-12(3)9-19-16/h4-9,11,15H,10,17H2,1-3H3. The summed E-state index contributed by atoms with van der Waals surface area (Å²) >= 11 is 1.57. The Morgan fingerprint density at radius 3 is 2.33 bits per heavy atom. The summed E-state index contributed by atoms with van der Waals surface area (Å²) in [7, 11) is 0. The molecule has 1 aromatic heterocycles. The van der Waals surface area contributed by atoms with Crippen LogP contribution in [0.15, 0.2) is 41.8 Å².